The molecule has 0 unspecified atom stereocenters. The molecule has 2 aromatic carbocycles. The molecule has 6 heteroatoms. The molecular weight excluding hydrogens is 364 g/mol. The Balaban J connectivity index is 1.54. The summed E-state index contributed by atoms with van der Waals surface area (Å²) in [5, 5.41) is 6.01. The summed E-state index contributed by atoms with van der Waals surface area (Å²) in [7, 11) is 0. The first-order valence-corrected chi connectivity index (χ1v) is 10.1. The molecule has 3 amide bonds. The van der Waals surface area contributed by atoms with E-state index in [4.69, 9.17) is 11.5 Å². The molecule has 3 rings (SSSR count). The van der Waals surface area contributed by atoms with E-state index in [0.717, 1.165) is 35.1 Å². The largest absolute Gasteiger partial charge is 0.366 e. The lowest BCUT2D eigenvalue weighted by molar-refractivity contribution is 0.1000. The van der Waals surface area contributed by atoms with Crippen molar-refractivity contribution in [1.82, 2.24) is 10.6 Å². The van der Waals surface area contributed by atoms with Gasteiger partial charge in [0.15, 0.2) is 0 Å². The molecule has 0 aromatic heterocycles. The molecule has 6 nitrogen and oxygen atoms in total. The van der Waals surface area contributed by atoms with Crippen LogP contribution in [0.2, 0.25) is 0 Å². The van der Waals surface area contributed by atoms with E-state index < -0.39 is 5.91 Å². The van der Waals surface area contributed by atoms with E-state index >= 15 is 0 Å². The van der Waals surface area contributed by atoms with E-state index in [-0.39, 0.29) is 18.1 Å². The molecule has 1 aliphatic carbocycles. The van der Waals surface area contributed by atoms with Crippen LogP contribution in [0.25, 0.3) is 0 Å². The second-order valence-corrected chi connectivity index (χ2v) is 8.00. The number of amides is 3. The van der Waals surface area contributed by atoms with Crippen LogP contribution in [0.4, 0.5) is 4.79 Å². The predicted molar refractivity (Wildman–Crippen MR) is 115 cm³/mol. The number of nitrogens with one attached hydrogen (secondary N) is 2. The van der Waals surface area contributed by atoms with Gasteiger partial charge in [0.25, 0.3) is 0 Å². The molecular formula is C23H30N4O2. The van der Waals surface area contributed by atoms with Crippen molar-refractivity contribution in [3.05, 3.63) is 70.3 Å². The van der Waals surface area contributed by atoms with Crippen LogP contribution in [-0.2, 0) is 6.42 Å². The standard InChI is InChI=1S/C23H30N4O2/c1-14-10-18(22(25)28)11-15(2)20(14)12-19(24)13-26-23(29)27-21(17-8-9-17)16-6-4-3-5-7-16/h3-7,10-11,17,19,21H,8-9,12-13,24H2,1-2H3,(H2,25,28)(H2,26,27,29)/t19-,21+/m0/s1. The van der Waals surface area contributed by atoms with E-state index in [2.05, 4.69) is 22.8 Å². The minimum Gasteiger partial charge on any atom is -0.366 e. The number of primary amides is 1. The van der Waals surface area contributed by atoms with E-state index in [9.17, 15) is 9.59 Å². The second-order valence-electron chi connectivity index (χ2n) is 8.00. The summed E-state index contributed by atoms with van der Waals surface area (Å²) in [5.74, 6) is 0.0694. The highest BCUT2D eigenvalue weighted by Crippen LogP contribution is 2.40. The zero-order valence-electron chi connectivity index (χ0n) is 17.1. The van der Waals surface area contributed by atoms with Crippen molar-refractivity contribution in [3.63, 3.8) is 0 Å². The summed E-state index contributed by atoms with van der Waals surface area (Å²) >= 11 is 0. The quantitative estimate of drug-likeness (QED) is 0.552. The Kier molecular flexibility index (Phi) is 6.54. The number of rotatable bonds is 8. The molecule has 0 aliphatic heterocycles. The first-order chi connectivity index (χ1) is 13.8. The molecule has 29 heavy (non-hydrogen) atoms. The highest BCUT2D eigenvalue weighted by Gasteiger charge is 2.33. The normalized spacial score (nSPS) is 15.4. The molecule has 1 fully saturated rings. The summed E-state index contributed by atoms with van der Waals surface area (Å²) in [5.41, 5.74) is 16.3. The zero-order valence-corrected chi connectivity index (χ0v) is 17.1. The second kappa shape index (κ2) is 9.09. The molecule has 2 atom stereocenters. The van der Waals surface area contributed by atoms with Crippen LogP contribution in [0.1, 0.15) is 51.5 Å². The first-order valence-electron chi connectivity index (χ1n) is 10.1. The van der Waals surface area contributed by atoms with E-state index in [0.29, 0.717) is 24.4 Å². The molecule has 2 aromatic rings. The van der Waals surface area contributed by atoms with Crippen LogP contribution in [0.3, 0.4) is 0 Å². The molecule has 0 spiro atoms. The third kappa shape index (κ3) is 5.57. The monoisotopic (exact) mass is 394 g/mol. The molecule has 6 N–H and O–H groups in total. The number of benzene rings is 2. The summed E-state index contributed by atoms with van der Waals surface area (Å²) in [6.45, 7) is 4.26. The molecule has 0 radical (unpaired) electrons. The van der Waals surface area contributed by atoms with Gasteiger partial charge < -0.3 is 22.1 Å². The average molecular weight is 395 g/mol. The summed E-state index contributed by atoms with van der Waals surface area (Å²) in [4.78, 5) is 23.8. The lowest BCUT2D eigenvalue weighted by atomic mass is 9.94. The van der Waals surface area contributed by atoms with Gasteiger partial charge in [-0.3, -0.25) is 4.79 Å². The van der Waals surface area contributed by atoms with E-state index in [1.807, 2.05) is 32.0 Å². The van der Waals surface area contributed by atoms with Crippen molar-refractivity contribution in [2.75, 3.05) is 6.54 Å². The van der Waals surface area contributed by atoms with Gasteiger partial charge in [-0.15, -0.1) is 0 Å². The maximum Gasteiger partial charge on any atom is 0.315 e. The Morgan fingerprint density at radius 3 is 2.28 bits per heavy atom. The first kappa shape index (κ1) is 20.9. The molecule has 0 saturated heterocycles. The van der Waals surface area contributed by atoms with Gasteiger partial charge in [0.1, 0.15) is 0 Å². The van der Waals surface area contributed by atoms with E-state index in [1.165, 1.54) is 0 Å². The maximum absolute atomic E-state index is 12.4. The fourth-order valence-corrected chi connectivity index (χ4v) is 3.77. The van der Waals surface area contributed by atoms with Crippen molar-refractivity contribution < 1.29 is 9.59 Å². The van der Waals surface area contributed by atoms with Gasteiger partial charge in [0.2, 0.25) is 5.91 Å². The van der Waals surface area contributed by atoms with Crippen molar-refractivity contribution in [2.45, 2.75) is 45.2 Å². The van der Waals surface area contributed by atoms with Crippen LogP contribution in [-0.4, -0.2) is 24.5 Å². The third-order valence-corrected chi connectivity index (χ3v) is 5.51. The van der Waals surface area contributed by atoms with Crippen molar-refractivity contribution in [1.29, 1.82) is 0 Å². The van der Waals surface area contributed by atoms with Crippen LogP contribution in [0, 0.1) is 19.8 Å². The van der Waals surface area contributed by atoms with Gasteiger partial charge in [0.05, 0.1) is 6.04 Å². The Morgan fingerprint density at radius 2 is 1.72 bits per heavy atom. The fourth-order valence-electron chi connectivity index (χ4n) is 3.77. The number of nitrogens with two attached hydrogens (primary N) is 2. The number of aryl methyl sites for hydroxylation is 2. The maximum atomic E-state index is 12.4. The Bertz CT molecular complexity index is 855. The fraction of sp³-hybridized carbons (Fsp3) is 0.391. The summed E-state index contributed by atoms with van der Waals surface area (Å²) < 4.78 is 0. The molecule has 154 valence electrons. The van der Waals surface area contributed by atoms with Crippen molar-refractivity contribution in [3.8, 4) is 0 Å². The van der Waals surface area contributed by atoms with E-state index in [1.54, 1.807) is 12.1 Å². The topological polar surface area (TPSA) is 110 Å². The minimum absolute atomic E-state index is 0.0401. The predicted octanol–water partition coefficient (Wildman–Crippen LogP) is 2.72. The molecule has 1 saturated carbocycles. The number of carbonyl (C=O) groups is 2. The minimum atomic E-state index is -0.436. The Labute approximate surface area is 172 Å². The lowest BCUT2D eigenvalue weighted by Gasteiger charge is -2.21. The zero-order chi connectivity index (χ0) is 21.0. The van der Waals surface area contributed by atoms with Gasteiger partial charge >= 0.3 is 6.03 Å². The van der Waals surface area contributed by atoms with Gasteiger partial charge in [0, 0.05) is 18.2 Å². The summed E-state index contributed by atoms with van der Waals surface area (Å²) in [6.07, 6.45) is 2.89. The van der Waals surface area contributed by atoms with Crippen LogP contribution < -0.4 is 22.1 Å². The lowest BCUT2D eigenvalue weighted by Crippen LogP contribution is -2.44. The van der Waals surface area contributed by atoms with Gasteiger partial charge in [-0.25, -0.2) is 4.79 Å². The van der Waals surface area contributed by atoms with Gasteiger partial charge in [-0.1, -0.05) is 30.3 Å². The smallest absolute Gasteiger partial charge is 0.315 e. The van der Waals surface area contributed by atoms with Gasteiger partial charge in [-0.2, -0.15) is 0 Å². The van der Waals surface area contributed by atoms with Gasteiger partial charge in [-0.05, 0) is 73.4 Å². The number of urea groups is 1. The third-order valence-electron chi connectivity index (χ3n) is 5.51. The highest BCUT2D eigenvalue weighted by atomic mass is 16.2. The molecule has 0 heterocycles. The summed E-state index contributed by atoms with van der Waals surface area (Å²) in [6, 6.07) is 13.3. The number of hydrogen-bond donors (Lipinski definition) is 4. The molecule has 1 aliphatic rings. The van der Waals surface area contributed by atoms with Crippen LogP contribution in [0.5, 0.6) is 0 Å². The van der Waals surface area contributed by atoms with Crippen LogP contribution >= 0.6 is 0 Å². The number of hydrogen-bond acceptors (Lipinski definition) is 3. The Morgan fingerprint density at radius 1 is 1.10 bits per heavy atom. The SMILES string of the molecule is Cc1cc(C(N)=O)cc(C)c1C[C@H](N)CNC(=O)N[C@H](c1ccccc1)C1CC1. The van der Waals surface area contributed by atoms with Crippen molar-refractivity contribution >= 4 is 11.9 Å². The van der Waals surface area contributed by atoms with Crippen LogP contribution in [0.15, 0.2) is 42.5 Å². The number of carbonyl (C=O) groups excluding carboxylic acids is 2. The Hall–Kier alpha value is -2.86. The highest BCUT2D eigenvalue weighted by molar-refractivity contribution is 5.93. The van der Waals surface area contributed by atoms with Crippen molar-refractivity contribution in [2.24, 2.45) is 17.4 Å². The molecule has 0 bridgehead atoms. The average Bonchev–Trinajstić information content (AvgIpc) is 3.53.